The van der Waals surface area contributed by atoms with E-state index >= 15 is 0 Å². The zero-order valence-corrected chi connectivity index (χ0v) is 12.6. The summed E-state index contributed by atoms with van der Waals surface area (Å²) in [4.78, 5) is 15.9. The molecule has 0 spiro atoms. The van der Waals surface area contributed by atoms with E-state index in [0.29, 0.717) is 10.7 Å². The lowest BCUT2D eigenvalue weighted by molar-refractivity contribution is -0.683. The molecule has 2 rings (SSSR count). The number of carbonyl (C=O) groups is 1. The Balaban J connectivity index is 0.00000180. The number of rotatable bonds is 4. The summed E-state index contributed by atoms with van der Waals surface area (Å²) in [6.45, 7) is 0.231. The number of methoxy groups -OCH3 is 1. The SMILES string of the molecule is COc1ccc(C(=O)C[n+]2ccnc(Cl)c2)cc1.[Br-]. The lowest BCUT2D eigenvalue weighted by Gasteiger charge is -2.01. The van der Waals surface area contributed by atoms with Gasteiger partial charge in [-0.1, -0.05) is 11.6 Å². The third-order valence-corrected chi connectivity index (χ3v) is 2.66. The van der Waals surface area contributed by atoms with E-state index in [2.05, 4.69) is 4.98 Å². The van der Waals surface area contributed by atoms with E-state index in [9.17, 15) is 4.79 Å². The van der Waals surface area contributed by atoms with Crippen molar-refractivity contribution < 1.29 is 31.1 Å². The van der Waals surface area contributed by atoms with Crippen LogP contribution < -0.4 is 26.3 Å². The van der Waals surface area contributed by atoms with Crippen molar-refractivity contribution in [3.63, 3.8) is 0 Å². The number of ketones is 1. The van der Waals surface area contributed by atoms with E-state index in [4.69, 9.17) is 16.3 Å². The average Bonchev–Trinajstić information content (AvgIpc) is 2.39. The molecule has 100 valence electrons. The quantitative estimate of drug-likeness (QED) is 0.524. The summed E-state index contributed by atoms with van der Waals surface area (Å²) in [5.74, 6) is 0.732. The van der Waals surface area contributed by atoms with Crippen molar-refractivity contribution in [1.29, 1.82) is 0 Å². The largest absolute Gasteiger partial charge is 1.00 e. The standard InChI is InChI=1S/C13H12ClN2O2.BrH/c1-18-11-4-2-10(3-5-11)12(17)8-16-7-6-15-13(14)9-16;/h2-7,9H,8H2,1H3;1H/q+1;/p-1. The lowest BCUT2D eigenvalue weighted by Crippen LogP contribution is -3.00. The van der Waals surface area contributed by atoms with E-state index in [1.54, 1.807) is 54.5 Å². The van der Waals surface area contributed by atoms with E-state index in [0.717, 1.165) is 5.75 Å². The van der Waals surface area contributed by atoms with Gasteiger partial charge in [0.25, 0.3) is 0 Å². The Morgan fingerprint density at radius 2 is 2.05 bits per heavy atom. The van der Waals surface area contributed by atoms with E-state index < -0.39 is 0 Å². The summed E-state index contributed by atoms with van der Waals surface area (Å²) in [7, 11) is 1.59. The molecular weight excluding hydrogens is 332 g/mol. The van der Waals surface area contributed by atoms with E-state index in [-0.39, 0.29) is 29.3 Å². The van der Waals surface area contributed by atoms with Crippen molar-refractivity contribution in [3.05, 3.63) is 53.6 Å². The van der Waals surface area contributed by atoms with Gasteiger partial charge in [0.15, 0.2) is 11.3 Å². The van der Waals surface area contributed by atoms with Crippen LogP contribution in [0.4, 0.5) is 0 Å². The third kappa shape index (κ3) is 4.29. The number of Topliss-reactive ketones (excluding diaryl/α,β-unsaturated/α-hetero) is 1. The highest BCUT2D eigenvalue weighted by Gasteiger charge is 2.12. The number of nitrogens with zero attached hydrogens (tertiary/aromatic N) is 2. The molecule has 1 aromatic carbocycles. The van der Waals surface area contributed by atoms with Crippen LogP contribution in [0.2, 0.25) is 5.15 Å². The van der Waals surface area contributed by atoms with Crippen molar-refractivity contribution in [2.45, 2.75) is 6.54 Å². The zero-order chi connectivity index (χ0) is 13.0. The predicted molar refractivity (Wildman–Crippen MR) is 66.8 cm³/mol. The van der Waals surface area contributed by atoms with Gasteiger partial charge < -0.3 is 21.7 Å². The maximum Gasteiger partial charge on any atom is 0.227 e. The summed E-state index contributed by atoms with van der Waals surface area (Å²) in [6, 6.07) is 7.00. The Bertz CT molecular complexity index is 561. The maximum absolute atomic E-state index is 12.0. The van der Waals surface area contributed by atoms with Gasteiger partial charge >= 0.3 is 0 Å². The number of hydrogen-bond acceptors (Lipinski definition) is 3. The Hall–Kier alpha value is -1.46. The van der Waals surface area contributed by atoms with Crippen LogP contribution in [-0.4, -0.2) is 17.9 Å². The minimum absolute atomic E-state index is 0. The molecule has 0 fully saturated rings. The van der Waals surface area contributed by atoms with Crippen LogP contribution in [0.25, 0.3) is 0 Å². The molecule has 1 aromatic heterocycles. The van der Waals surface area contributed by atoms with Gasteiger partial charge in [-0.15, -0.1) is 0 Å². The first kappa shape index (κ1) is 15.6. The summed E-state index contributed by atoms with van der Waals surface area (Å²) in [5.41, 5.74) is 0.635. The van der Waals surface area contributed by atoms with Gasteiger partial charge in [0.05, 0.1) is 13.3 Å². The molecule has 0 aliphatic heterocycles. The highest BCUT2D eigenvalue weighted by Crippen LogP contribution is 2.11. The van der Waals surface area contributed by atoms with Crippen molar-refractivity contribution in [3.8, 4) is 5.75 Å². The number of hydrogen-bond donors (Lipinski definition) is 0. The monoisotopic (exact) mass is 342 g/mol. The molecule has 0 aliphatic rings. The second-order valence-corrected chi connectivity index (χ2v) is 4.09. The Morgan fingerprint density at radius 3 is 2.63 bits per heavy atom. The minimum atomic E-state index is 0. The highest BCUT2D eigenvalue weighted by molar-refractivity contribution is 6.29. The lowest BCUT2D eigenvalue weighted by atomic mass is 10.1. The van der Waals surface area contributed by atoms with Crippen LogP contribution in [0.5, 0.6) is 5.75 Å². The summed E-state index contributed by atoms with van der Waals surface area (Å²) >= 11 is 5.75. The van der Waals surface area contributed by atoms with Gasteiger partial charge in [0.1, 0.15) is 5.75 Å². The maximum atomic E-state index is 12.0. The van der Waals surface area contributed by atoms with Crippen LogP contribution >= 0.6 is 11.6 Å². The van der Waals surface area contributed by atoms with Crippen LogP contribution in [0.1, 0.15) is 10.4 Å². The van der Waals surface area contributed by atoms with Gasteiger partial charge in [0, 0.05) is 5.56 Å². The molecule has 2 aromatic rings. The number of halogens is 2. The van der Waals surface area contributed by atoms with Crippen LogP contribution in [0, 0.1) is 0 Å². The fraction of sp³-hybridized carbons (Fsp3) is 0.154. The molecule has 0 aliphatic carbocycles. The van der Waals surface area contributed by atoms with Crippen LogP contribution in [0.3, 0.4) is 0 Å². The number of carbonyl (C=O) groups excluding carboxylic acids is 1. The van der Waals surface area contributed by atoms with E-state index in [1.807, 2.05) is 0 Å². The second kappa shape index (κ2) is 7.21. The smallest absolute Gasteiger partial charge is 0.227 e. The molecule has 0 amide bonds. The van der Waals surface area contributed by atoms with Crippen molar-refractivity contribution in [2.75, 3.05) is 7.11 Å². The summed E-state index contributed by atoms with van der Waals surface area (Å²) in [6.07, 6.45) is 4.87. The number of benzene rings is 1. The molecule has 0 bridgehead atoms. The molecule has 0 saturated carbocycles. The molecule has 0 atom stereocenters. The zero-order valence-electron chi connectivity index (χ0n) is 10.2. The van der Waals surface area contributed by atoms with E-state index in [1.165, 1.54) is 0 Å². The fourth-order valence-corrected chi connectivity index (χ4v) is 1.72. The highest BCUT2D eigenvalue weighted by atomic mass is 79.9. The van der Waals surface area contributed by atoms with Crippen LogP contribution in [0.15, 0.2) is 42.9 Å². The van der Waals surface area contributed by atoms with Gasteiger partial charge in [0.2, 0.25) is 18.5 Å². The predicted octanol–water partition coefficient (Wildman–Crippen LogP) is -1.08. The molecule has 0 radical (unpaired) electrons. The first-order chi connectivity index (χ1) is 8.69. The van der Waals surface area contributed by atoms with Gasteiger partial charge in [-0.3, -0.25) is 4.79 Å². The molecule has 0 saturated heterocycles. The molecular formula is C13H12BrClN2O2. The van der Waals surface area contributed by atoms with Gasteiger partial charge in [-0.25, -0.2) is 4.98 Å². The van der Waals surface area contributed by atoms with Crippen LogP contribution in [-0.2, 0) is 6.54 Å². The fourth-order valence-electron chi connectivity index (χ4n) is 1.54. The first-order valence-corrected chi connectivity index (χ1v) is 5.74. The summed E-state index contributed by atoms with van der Waals surface area (Å²) < 4.78 is 6.74. The molecule has 1 heterocycles. The third-order valence-electron chi connectivity index (χ3n) is 2.47. The van der Waals surface area contributed by atoms with Gasteiger partial charge in [-0.05, 0) is 24.3 Å². The van der Waals surface area contributed by atoms with Crippen molar-refractivity contribution >= 4 is 17.4 Å². The minimum Gasteiger partial charge on any atom is -1.00 e. The Kier molecular flexibility index (Phi) is 5.92. The molecule has 19 heavy (non-hydrogen) atoms. The molecule has 4 nitrogen and oxygen atoms in total. The van der Waals surface area contributed by atoms with Crippen molar-refractivity contribution in [2.24, 2.45) is 0 Å². The van der Waals surface area contributed by atoms with Crippen molar-refractivity contribution in [1.82, 2.24) is 4.98 Å². The Morgan fingerprint density at radius 1 is 1.37 bits per heavy atom. The molecule has 6 heteroatoms. The first-order valence-electron chi connectivity index (χ1n) is 5.37. The Labute approximate surface area is 126 Å². The number of ether oxygens (including phenoxy) is 1. The average molecular weight is 344 g/mol. The molecule has 0 unspecified atom stereocenters. The molecule has 0 N–H and O–H groups in total. The topological polar surface area (TPSA) is 43.1 Å². The normalized spacial score (nSPS) is 9.58. The van der Waals surface area contributed by atoms with Gasteiger partial charge in [-0.2, -0.15) is 4.57 Å². The number of aromatic nitrogens is 2. The second-order valence-electron chi connectivity index (χ2n) is 3.70. The summed E-state index contributed by atoms with van der Waals surface area (Å²) in [5, 5.41) is 0.361.